The van der Waals surface area contributed by atoms with Crippen molar-refractivity contribution in [2.75, 3.05) is 0 Å². The zero-order chi connectivity index (χ0) is 16.3. The van der Waals surface area contributed by atoms with Gasteiger partial charge >= 0.3 is 5.97 Å². The van der Waals surface area contributed by atoms with E-state index in [1.165, 1.54) is 6.07 Å². The van der Waals surface area contributed by atoms with Gasteiger partial charge in [-0.05, 0) is 18.1 Å². The van der Waals surface area contributed by atoms with Gasteiger partial charge < -0.3 is 10.4 Å². The smallest absolute Gasteiger partial charge is 0.326 e. The highest BCUT2D eigenvalue weighted by Gasteiger charge is 2.24. The number of aromatic nitrogens is 2. The summed E-state index contributed by atoms with van der Waals surface area (Å²) in [5.41, 5.74) is 1.40. The highest BCUT2D eigenvalue weighted by Crippen LogP contribution is 2.26. The molecular weight excluding hydrogens is 306 g/mol. The van der Waals surface area contributed by atoms with E-state index < -0.39 is 17.9 Å². The van der Waals surface area contributed by atoms with Crippen molar-refractivity contribution in [2.24, 2.45) is 5.92 Å². The van der Waals surface area contributed by atoms with Crippen LogP contribution in [-0.2, 0) is 4.79 Å². The van der Waals surface area contributed by atoms with Crippen LogP contribution in [0.4, 0.5) is 0 Å². The van der Waals surface area contributed by atoms with Crippen molar-refractivity contribution in [3.8, 4) is 11.3 Å². The predicted molar refractivity (Wildman–Crippen MR) is 82.8 cm³/mol. The lowest BCUT2D eigenvalue weighted by Gasteiger charge is -2.17. The molecule has 0 spiro atoms. The number of benzene rings is 1. The van der Waals surface area contributed by atoms with E-state index in [-0.39, 0.29) is 11.6 Å². The van der Waals surface area contributed by atoms with E-state index in [1.54, 1.807) is 32.0 Å². The molecule has 0 aliphatic rings. The summed E-state index contributed by atoms with van der Waals surface area (Å²) in [5.74, 6) is -1.83. The Labute approximate surface area is 132 Å². The zero-order valence-corrected chi connectivity index (χ0v) is 12.9. The van der Waals surface area contributed by atoms with E-state index in [4.69, 9.17) is 16.7 Å². The molecule has 1 amide bonds. The molecular formula is C15H16ClN3O3. The molecule has 116 valence electrons. The molecule has 2 aromatic rings. The summed E-state index contributed by atoms with van der Waals surface area (Å²) >= 11 is 6.08. The predicted octanol–water partition coefficient (Wildman–Crippen LogP) is 2.57. The molecule has 0 aliphatic carbocycles. The number of carbonyl (C=O) groups is 2. The Kier molecular flexibility index (Phi) is 4.82. The second-order valence-electron chi connectivity index (χ2n) is 5.18. The standard InChI is InChI=1S/C15H16ClN3O3/c1-8(2)13(15(21)22)17-14(20)12-7-11(18-19-12)9-5-3-4-6-10(9)16/h3-8,13H,1-2H3,(H,17,20)(H,18,19)(H,21,22)/t13-/m1/s1. The van der Waals surface area contributed by atoms with Gasteiger partial charge in [0.1, 0.15) is 11.7 Å². The third-order valence-corrected chi connectivity index (χ3v) is 3.52. The van der Waals surface area contributed by atoms with Crippen LogP contribution in [0.2, 0.25) is 5.02 Å². The number of hydrogen-bond acceptors (Lipinski definition) is 3. The van der Waals surface area contributed by atoms with Crippen molar-refractivity contribution in [1.82, 2.24) is 15.5 Å². The van der Waals surface area contributed by atoms with E-state index in [9.17, 15) is 9.59 Å². The first-order valence-corrected chi connectivity index (χ1v) is 7.12. The molecule has 1 heterocycles. The van der Waals surface area contributed by atoms with Crippen LogP contribution in [0.25, 0.3) is 11.3 Å². The Morgan fingerprint density at radius 3 is 2.59 bits per heavy atom. The molecule has 7 heteroatoms. The number of nitrogens with one attached hydrogen (secondary N) is 2. The minimum atomic E-state index is -1.07. The lowest BCUT2D eigenvalue weighted by molar-refractivity contribution is -0.140. The van der Waals surface area contributed by atoms with E-state index in [0.717, 1.165) is 0 Å². The summed E-state index contributed by atoms with van der Waals surface area (Å²) in [6.45, 7) is 3.45. The van der Waals surface area contributed by atoms with Gasteiger partial charge in [-0.3, -0.25) is 9.89 Å². The van der Waals surface area contributed by atoms with Crippen LogP contribution >= 0.6 is 11.6 Å². The number of hydrogen-bond donors (Lipinski definition) is 3. The van der Waals surface area contributed by atoms with Crippen molar-refractivity contribution in [2.45, 2.75) is 19.9 Å². The Hall–Kier alpha value is -2.34. The van der Waals surface area contributed by atoms with Gasteiger partial charge in [-0.15, -0.1) is 0 Å². The van der Waals surface area contributed by atoms with Gasteiger partial charge in [0.15, 0.2) is 0 Å². The molecule has 1 aromatic carbocycles. The topological polar surface area (TPSA) is 95.1 Å². The number of carboxylic acid groups (broad SMARTS) is 1. The van der Waals surface area contributed by atoms with Crippen molar-refractivity contribution in [3.63, 3.8) is 0 Å². The number of aromatic amines is 1. The van der Waals surface area contributed by atoms with E-state index in [0.29, 0.717) is 16.3 Å². The van der Waals surface area contributed by atoms with Gasteiger partial charge in [0.2, 0.25) is 0 Å². The fourth-order valence-electron chi connectivity index (χ4n) is 1.98. The van der Waals surface area contributed by atoms with Crippen LogP contribution in [-0.4, -0.2) is 33.2 Å². The minimum absolute atomic E-state index is 0.182. The fraction of sp³-hybridized carbons (Fsp3) is 0.267. The molecule has 0 unspecified atom stereocenters. The Morgan fingerprint density at radius 1 is 1.32 bits per heavy atom. The molecule has 0 saturated carbocycles. The van der Waals surface area contributed by atoms with Crippen molar-refractivity contribution in [1.29, 1.82) is 0 Å². The second kappa shape index (κ2) is 6.62. The number of carboxylic acids is 1. The van der Waals surface area contributed by atoms with Gasteiger partial charge in [0.25, 0.3) is 5.91 Å². The molecule has 22 heavy (non-hydrogen) atoms. The third kappa shape index (κ3) is 3.46. The fourth-order valence-corrected chi connectivity index (χ4v) is 2.21. The Balaban J connectivity index is 2.19. The van der Waals surface area contributed by atoms with Crippen LogP contribution in [0.3, 0.4) is 0 Å². The Morgan fingerprint density at radius 2 is 2.00 bits per heavy atom. The normalized spacial score (nSPS) is 12.2. The number of carbonyl (C=O) groups excluding carboxylic acids is 1. The van der Waals surface area contributed by atoms with Crippen LogP contribution in [0.15, 0.2) is 30.3 Å². The van der Waals surface area contributed by atoms with Crippen LogP contribution in [0.5, 0.6) is 0 Å². The maximum atomic E-state index is 12.1. The maximum absolute atomic E-state index is 12.1. The summed E-state index contributed by atoms with van der Waals surface area (Å²) in [6.07, 6.45) is 0. The van der Waals surface area contributed by atoms with Gasteiger partial charge in [-0.25, -0.2) is 4.79 Å². The van der Waals surface area contributed by atoms with Crippen LogP contribution < -0.4 is 5.32 Å². The largest absolute Gasteiger partial charge is 0.480 e. The number of rotatable bonds is 5. The molecule has 1 atom stereocenters. The highest BCUT2D eigenvalue weighted by molar-refractivity contribution is 6.33. The van der Waals surface area contributed by atoms with Crippen molar-refractivity contribution >= 4 is 23.5 Å². The molecule has 2 rings (SSSR count). The molecule has 0 fully saturated rings. The lowest BCUT2D eigenvalue weighted by atomic mass is 10.0. The monoisotopic (exact) mass is 321 g/mol. The van der Waals surface area contributed by atoms with Gasteiger partial charge in [0, 0.05) is 5.56 Å². The summed E-state index contributed by atoms with van der Waals surface area (Å²) < 4.78 is 0. The van der Waals surface area contributed by atoms with Crippen LogP contribution in [0, 0.1) is 5.92 Å². The van der Waals surface area contributed by atoms with Gasteiger partial charge in [-0.2, -0.15) is 5.10 Å². The first-order chi connectivity index (χ1) is 10.4. The Bertz CT molecular complexity index is 697. The van der Waals surface area contributed by atoms with Gasteiger partial charge in [-0.1, -0.05) is 43.6 Å². The molecule has 1 aromatic heterocycles. The van der Waals surface area contributed by atoms with Crippen LogP contribution in [0.1, 0.15) is 24.3 Å². The molecule has 3 N–H and O–H groups in total. The lowest BCUT2D eigenvalue weighted by Crippen LogP contribution is -2.44. The molecule has 0 bridgehead atoms. The van der Waals surface area contributed by atoms with Crippen molar-refractivity contribution in [3.05, 3.63) is 41.0 Å². The highest BCUT2D eigenvalue weighted by atomic mass is 35.5. The van der Waals surface area contributed by atoms with Gasteiger partial charge in [0.05, 0.1) is 10.7 Å². The van der Waals surface area contributed by atoms with E-state index >= 15 is 0 Å². The average molecular weight is 322 g/mol. The molecule has 6 nitrogen and oxygen atoms in total. The summed E-state index contributed by atoms with van der Waals surface area (Å²) in [7, 11) is 0. The number of H-pyrrole nitrogens is 1. The first kappa shape index (κ1) is 16.0. The summed E-state index contributed by atoms with van der Waals surface area (Å²) in [4.78, 5) is 23.2. The molecule has 0 radical (unpaired) electrons. The quantitative estimate of drug-likeness (QED) is 0.788. The second-order valence-corrected chi connectivity index (χ2v) is 5.59. The average Bonchev–Trinajstić information content (AvgIpc) is 2.94. The maximum Gasteiger partial charge on any atom is 0.326 e. The SMILES string of the molecule is CC(C)[C@@H](NC(=O)c1cc(-c2ccccc2Cl)n[nH]1)C(=O)O. The number of aliphatic carboxylic acids is 1. The first-order valence-electron chi connectivity index (χ1n) is 6.74. The number of nitrogens with zero attached hydrogens (tertiary/aromatic N) is 1. The zero-order valence-electron chi connectivity index (χ0n) is 12.1. The molecule has 0 saturated heterocycles. The number of halogens is 1. The molecule has 0 aliphatic heterocycles. The summed E-state index contributed by atoms with van der Waals surface area (Å²) in [5, 5.41) is 18.7. The van der Waals surface area contributed by atoms with E-state index in [2.05, 4.69) is 15.5 Å². The summed E-state index contributed by atoms with van der Waals surface area (Å²) in [6, 6.07) is 7.70. The number of amides is 1. The van der Waals surface area contributed by atoms with Crippen molar-refractivity contribution < 1.29 is 14.7 Å². The third-order valence-electron chi connectivity index (χ3n) is 3.19. The van der Waals surface area contributed by atoms with E-state index in [1.807, 2.05) is 6.07 Å². The minimum Gasteiger partial charge on any atom is -0.480 e.